The summed E-state index contributed by atoms with van der Waals surface area (Å²) in [6.45, 7) is 3.57. The maximum absolute atomic E-state index is 12.3. The Morgan fingerprint density at radius 1 is 1.27 bits per heavy atom. The van der Waals surface area contributed by atoms with Crippen molar-refractivity contribution in [1.29, 1.82) is 0 Å². The zero-order valence-corrected chi connectivity index (χ0v) is 15.6. The molecule has 0 aliphatic carbocycles. The molecule has 2 N–H and O–H groups in total. The number of carbonyl (C=O) groups excluding carboxylic acids is 2. The second-order valence-corrected chi connectivity index (χ2v) is 6.46. The highest BCUT2D eigenvalue weighted by Crippen LogP contribution is 2.35. The van der Waals surface area contributed by atoms with Crippen LogP contribution in [0.1, 0.15) is 25.6 Å². The molecule has 1 atom stereocenters. The fourth-order valence-corrected chi connectivity index (χ4v) is 3.23. The van der Waals surface area contributed by atoms with E-state index in [2.05, 4.69) is 10.6 Å². The average Bonchev–Trinajstić information content (AvgIpc) is 3.03. The molecular weight excluding hydrogens is 379 g/mol. The Kier molecular flexibility index (Phi) is 5.25. The van der Waals surface area contributed by atoms with Gasteiger partial charge in [-0.3, -0.25) is 0 Å². The third-order valence-electron chi connectivity index (χ3n) is 3.87. The number of nitrogens with one attached hydrogen (secondary N) is 2. The van der Waals surface area contributed by atoms with Crippen LogP contribution in [0.5, 0.6) is 0 Å². The lowest BCUT2D eigenvalue weighted by Gasteiger charge is -2.26. The zero-order valence-electron chi connectivity index (χ0n) is 14.1. The monoisotopic (exact) mass is 394 g/mol. The first-order valence-electron chi connectivity index (χ1n) is 7.91. The molecule has 6 nitrogen and oxygen atoms in total. The molecule has 0 fully saturated rings. The minimum Gasteiger partial charge on any atom is -0.463 e. The summed E-state index contributed by atoms with van der Waals surface area (Å²) >= 11 is 12.1. The van der Waals surface area contributed by atoms with E-state index in [-0.39, 0.29) is 12.2 Å². The van der Waals surface area contributed by atoms with E-state index in [9.17, 15) is 9.59 Å². The summed E-state index contributed by atoms with van der Waals surface area (Å²) in [7, 11) is 0. The summed E-state index contributed by atoms with van der Waals surface area (Å²) < 4.78 is 11.0. The third-order valence-corrected chi connectivity index (χ3v) is 4.42. The van der Waals surface area contributed by atoms with Crippen molar-refractivity contribution >= 4 is 35.2 Å². The van der Waals surface area contributed by atoms with Gasteiger partial charge in [-0.05, 0) is 44.2 Å². The fraction of sp³-hybridized carbons (Fsp3) is 0.222. The largest absolute Gasteiger partial charge is 0.463 e. The molecule has 0 radical (unpaired) electrons. The van der Waals surface area contributed by atoms with Crippen molar-refractivity contribution in [3.05, 3.63) is 57.4 Å². The van der Waals surface area contributed by atoms with Crippen molar-refractivity contribution in [3.63, 3.8) is 0 Å². The first-order valence-corrected chi connectivity index (χ1v) is 8.67. The van der Waals surface area contributed by atoms with Gasteiger partial charge in [-0.15, -0.1) is 0 Å². The van der Waals surface area contributed by atoms with Gasteiger partial charge in [-0.2, -0.15) is 0 Å². The Bertz CT molecular complexity index is 904. The average molecular weight is 395 g/mol. The number of ether oxygens (including phenoxy) is 1. The summed E-state index contributed by atoms with van der Waals surface area (Å²) in [5.74, 6) is 0.364. The topological polar surface area (TPSA) is 80.6 Å². The van der Waals surface area contributed by atoms with Crippen LogP contribution in [0.3, 0.4) is 0 Å². The SMILES string of the molecule is CCOC(=O)C1=C(C)NC(=O)N[C@@H]1c1ccc(-c2ccc(Cl)cc2Cl)o1. The minimum absolute atomic E-state index is 0.222. The van der Waals surface area contributed by atoms with Gasteiger partial charge in [0.2, 0.25) is 0 Å². The predicted octanol–water partition coefficient (Wildman–Crippen LogP) is 4.44. The summed E-state index contributed by atoms with van der Waals surface area (Å²) in [6.07, 6.45) is 0. The van der Waals surface area contributed by atoms with Crippen LogP contribution in [0.25, 0.3) is 11.3 Å². The van der Waals surface area contributed by atoms with E-state index in [0.29, 0.717) is 32.8 Å². The quantitative estimate of drug-likeness (QED) is 0.750. The van der Waals surface area contributed by atoms with E-state index in [4.69, 9.17) is 32.4 Å². The summed E-state index contributed by atoms with van der Waals surface area (Å²) in [5.41, 5.74) is 1.36. The van der Waals surface area contributed by atoms with Gasteiger partial charge in [-0.1, -0.05) is 23.2 Å². The lowest BCUT2D eigenvalue weighted by atomic mass is 10.0. The van der Waals surface area contributed by atoms with Crippen molar-refractivity contribution < 1.29 is 18.7 Å². The van der Waals surface area contributed by atoms with Gasteiger partial charge in [0.1, 0.15) is 17.6 Å². The molecule has 0 unspecified atom stereocenters. The molecule has 8 heteroatoms. The van der Waals surface area contributed by atoms with Gasteiger partial charge < -0.3 is 19.8 Å². The zero-order chi connectivity index (χ0) is 18.8. The van der Waals surface area contributed by atoms with Crippen molar-refractivity contribution in [1.82, 2.24) is 10.6 Å². The van der Waals surface area contributed by atoms with Crippen LogP contribution in [0.15, 0.2) is 46.0 Å². The normalized spacial score (nSPS) is 16.9. The van der Waals surface area contributed by atoms with Gasteiger partial charge in [-0.25, -0.2) is 9.59 Å². The van der Waals surface area contributed by atoms with E-state index in [1.54, 1.807) is 44.2 Å². The number of hydrogen-bond donors (Lipinski definition) is 2. The standard InChI is InChI=1S/C18H16Cl2N2O4/c1-3-25-17(23)15-9(2)21-18(24)22-16(15)14-7-6-13(26-14)11-5-4-10(19)8-12(11)20/h4-8,16H,3H2,1-2H3,(H2,21,22,24)/t16-/m1/s1. The molecule has 3 rings (SSSR count). The van der Waals surface area contributed by atoms with Crippen molar-refractivity contribution in [3.8, 4) is 11.3 Å². The summed E-state index contributed by atoms with van der Waals surface area (Å²) in [4.78, 5) is 24.2. The van der Waals surface area contributed by atoms with Crippen LogP contribution < -0.4 is 10.6 Å². The molecular formula is C18H16Cl2N2O4. The number of urea groups is 1. The molecule has 2 amide bonds. The van der Waals surface area contributed by atoms with Gasteiger partial charge in [0.25, 0.3) is 0 Å². The molecule has 2 heterocycles. The van der Waals surface area contributed by atoms with E-state index in [1.165, 1.54) is 0 Å². The van der Waals surface area contributed by atoms with Crippen molar-refractivity contribution in [2.75, 3.05) is 6.61 Å². The molecule has 26 heavy (non-hydrogen) atoms. The molecule has 2 aromatic rings. The number of halogens is 2. The van der Waals surface area contributed by atoms with Crippen LogP contribution in [0.2, 0.25) is 10.0 Å². The fourth-order valence-electron chi connectivity index (χ4n) is 2.73. The van der Waals surface area contributed by atoms with E-state index >= 15 is 0 Å². The lowest BCUT2D eigenvalue weighted by molar-refractivity contribution is -0.139. The van der Waals surface area contributed by atoms with E-state index < -0.39 is 18.0 Å². The molecule has 1 aromatic carbocycles. The Labute approximate surface area is 160 Å². The second kappa shape index (κ2) is 7.43. The number of amides is 2. The third kappa shape index (κ3) is 3.57. The molecule has 1 aromatic heterocycles. The first-order chi connectivity index (χ1) is 12.4. The van der Waals surface area contributed by atoms with Gasteiger partial charge in [0.05, 0.1) is 17.2 Å². The number of allylic oxidation sites excluding steroid dienone is 1. The van der Waals surface area contributed by atoms with Crippen LogP contribution in [0.4, 0.5) is 4.79 Å². The molecule has 136 valence electrons. The molecule has 0 spiro atoms. The van der Waals surface area contributed by atoms with Crippen LogP contribution in [-0.2, 0) is 9.53 Å². The number of rotatable bonds is 4. The van der Waals surface area contributed by atoms with Crippen molar-refractivity contribution in [2.45, 2.75) is 19.9 Å². The lowest BCUT2D eigenvalue weighted by Crippen LogP contribution is -2.45. The summed E-state index contributed by atoms with van der Waals surface area (Å²) in [6, 6.07) is 7.26. The smallest absolute Gasteiger partial charge is 0.338 e. The minimum atomic E-state index is -0.761. The number of furan rings is 1. The maximum atomic E-state index is 12.3. The van der Waals surface area contributed by atoms with Crippen LogP contribution >= 0.6 is 23.2 Å². The van der Waals surface area contributed by atoms with E-state index in [1.807, 2.05) is 0 Å². The Morgan fingerprint density at radius 2 is 2.04 bits per heavy atom. The summed E-state index contributed by atoms with van der Waals surface area (Å²) in [5, 5.41) is 6.21. The number of benzene rings is 1. The van der Waals surface area contributed by atoms with Crippen molar-refractivity contribution in [2.24, 2.45) is 0 Å². The highest BCUT2D eigenvalue weighted by molar-refractivity contribution is 6.36. The molecule has 1 aliphatic heterocycles. The Balaban J connectivity index is 1.99. The number of carbonyl (C=O) groups is 2. The van der Waals surface area contributed by atoms with Crippen LogP contribution in [-0.4, -0.2) is 18.6 Å². The maximum Gasteiger partial charge on any atom is 0.338 e. The molecule has 1 aliphatic rings. The Hall–Kier alpha value is -2.44. The molecule has 0 bridgehead atoms. The first kappa shape index (κ1) is 18.4. The van der Waals surface area contributed by atoms with Crippen LogP contribution in [0, 0.1) is 0 Å². The van der Waals surface area contributed by atoms with Gasteiger partial charge in [0, 0.05) is 16.3 Å². The van der Waals surface area contributed by atoms with Gasteiger partial charge in [0.15, 0.2) is 0 Å². The highest BCUT2D eigenvalue weighted by atomic mass is 35.5. The number of hydrogen-bond acceptors (Lipinski definition) is 4. The Morgan fingerprint density at radius 3 is 2.73 bits per heavy atom. The molecule has 0 saturated carbocycles. The highest BCUT2D eigenvalue weighted by Gasteiger charge is 2.34. The predicted molar refractivity (Wildman–Crippen MR) is 97.9 cm³/mol. The van der Waals surface area contributed by atoms with E-state index in [0.717, 1.165) is 0 Å². The molecule has 0 saturated heterocycles. The number of esters is 1. The van der Waals surface area contributed by atoms with Gasteiger partial charge >= 0.3 is 12.0 Å². The second-order valence-electron chi connectivity index (χ2n) is 5.62.